The molecule has 5 N–H and O–H groups in total. The Morgan fingerprint density at radius 3 is 2.32 bits per heavy atom. The van der Waals surface area contributed by atoms with Gasteiger partial charge in [-0.05, 0) is 24.9 Å². The Morgan fingerprint density at radius 2 is 1.61 bits per heavy atom. The van der Waals surface area contributed by atoms with E-state index < -0.39 is 0 Å². The highest BCUT2D eigenvalue weighted by Gasteiger charge is 2.19. The second-order valence-electron chi connectivity index (χ2n) is 7.86. The summed E-state index contributed by atoms with van der Waals surface area (Å²) >= 11 is 0. The predicted octanol–water partition coefficient (Wildman–Crippen LogP) is 2.65. The molecule has 3 aromatic heterocycles. The molecule has 0 bridgehead atoms. The fraction of sp³-hybridized carbons (Fsp3) is 0.273. The van der Waals surface area contributed by atoms with Crippen LogP contribution in [0, 0.1) is 0 Å². The summed E-state index contributed by atoms with van der Waals surface area (Å²) in [4.78, 5) is 24.7. The average Bonchev–Trinajstić information content (AvgIpc) is 3.55. The number of benzene rings is 1. The number of nitrogens with zero attached hydrogens (tertiary/aromatic N) is 5. The van der Waals surface area contributed by atoms with Crippen molar-refractivity contribution < 1.29 is 0 Å². The Labute approximate surface area is 180 Å². The van der Waals surface area contributed by atoms with Gasteiger partial charge in [0.25, 0.3) is 0 Å². The van der Waals surface area contributed by atoms with Crippen molar-refractivity contribution in [2.75, 3.05) is 13.6 Å². The second-order valence-corrected chi connectivity index (χ2v) is 7.86. The summed E-state index contributed by atoms with van der Waals surface area (Å²) in [6.07, 6.45) is 9.63. The summed E-state index contributed by atoms with van der Waals surface area (Å²) in [5.41, 5.74) is 4.81. The van der Waals surface area contributed by atoms with Crippen molar-refractivity contribution in [3.8, 4) is 33.9 Å². The van der Waals surface area contributed by atoms with Crippen molar-refractivity contribution in [2.24, 2.45) is 5.84 Å². The van der Waals surface area contributed by atoms with Gasteiger partial charge in [-0.3, -0.25) is 5.84 Å². The van der Waals surface area contributed by atoms with Crippen LogP contribution in [0.4, 0.5) is 0 Å². The highest BCUT2D eigenvalue weighted by atomic mass is 15.4. The lowest BCUT2D eigenvalue weighted by Crippen LogP contribution is -2.25. The number of imidazole rings is 2. The van der Waals surface area contributed by atoms with Crippen molar-refractivity contribution >= 4 is 0 Å². The zero-order valence-corrected chi connectivity index (χ0v) is 17.3. The van der Waals surface area contributed by atoms with Crippen molar-refractivity contribution in [1.82, 2.24) is 40.2 Å². The van der Waals surface area contributed by atoms with E-state index in [9.17, 15) is 0 Å². The molecule has 4 heterocycles. The van der Waals surface area contributed by atoms with Crippen molar-refractivity contribution in [3.63, 3.8) is 0 Å². The maximum absolute atomic E-state index is 5.69. The first-order valence-corrected chi connectivity index (χ1v) is 10.4. The lowest BCUT2D eigenvalue weighted by atomic mass is 10.1. The van der Waals surface area contributed by atoms with Crippen LogP contribution in [-0.4, -0.2) is 48.5 Å². The molecule has 0 amide bonds. The van der Waals surface area contributed by atoms with Gasteiger partial charge in [0.1, 0.15) is 11.6 Å². The van der Waals surface area contributed by atoms with E-state index in [4.69, 9.17) is 5.84 Å². The Bertz CT molecular complexity index is 1140. The van der Waals surface area contributed by atoms with Crippen molar-refractivity contribution in [3.05, 3.63) is 60.7 Å². The molecule has 1 aliphatic heterocycles. The predicted molar refractivity (Wildman–Crippen MR) is 118 cm³/mol. The third kappa shape index (κ3) is 4.24. The van der Waals surface area contributed by atoms with Crippen LogP contribution < -0.4 is 11.2 Å². The third-order valence-electron chi connectivity index (χ3n) is 5.43. The molecule has 0 aliphatic carbocycles. The summed E-state index contributed by atoms with van der Waals surface area (Å²) in [5, 5.41) is 5.04. The van der Waals surface area contributed by atoms with E-state index in [0.717, 1.165) is 52.7 Å². The molecule has 0 radical (unpaired) electrons. The minimum atomic E-state index is 0.314. The summed E-state index contributed by atoms with van der Waals surface area (Å²) in [6.45, 7) is 1.61. The van der Waals surface area contributed by atoms with E-state index in [1.165, 1.54) is 6.42 Å². The zero-order chi connectivity index (χ0) is 21.2. The molecule has 1 aromatic carbocycles. The minimum absolute atomic E-state index is 0.314. The number of hydrazine groups is 1. The largest absolute Gasteiger partial charge is 0.341 e. The molecule has 1 saturated heterocycles. The van der Waals surface area contributed by atoms with E-state index >= 15 is 0 Å². The van der Waals surface area contributed by atoms with Crippen LogP contribution in [0.3, 0.4) is 0 Å². The van der Waals surface area contributed by atoms with Crippen LogP contribution in [0.2, 0.25) is 0 Å². The molecule has 0 spiro atoms. The molecule has 158 valence electrons. The molecule has 5 rings (SSSR count). The Balaban J connectivity index is 1.30. The second kappa shape index (κ2) is 8.38. The minimum Gasteiger partial charge on any atom is -0.341 e. The molecule has 0 saturated carbocycles. The number of H-pyrrole nitrogens is 2. The molecule has 4 aromatic rings. The van der Waals surface area contributed by atoms with Crippen LogP contribution in [0.1, 0.15) is 30.5 Å². The summed E-state index contributed by atoms with van der Waals surface area (Å²) < 4.78 is 0. The van der Waals surface area contributed by atoms with Crippen molar-refractivity contribution in [1.29, 1.82) is 0 Å². The van der Waals surface area contributed by atoms with Crippen LogP contribution in [0.25, 0.3) is 33.9 Å². The van der Waals surface area contributed by atoms with Gasteiger partial charge in [0.2, 0.25) is 0 Å². The van der Waals surface area contributed by atoms with Gasteiger partial charge < -0.3 is 15.3 Å². The highest BCUT2D eigenvalue weighted by Crippen LogP contribution is 2.25. The fourth-order valence-electron chi connectivity index (χ4n) is 3.82. The van der Waals surface area contributed by atoms with E-state index in [0.29, 0.717) is 18.4 Å². The fourth-order valence-corrected chi connectivity index (χ4v) is 3.82. The van der Waals surface area contributed by atoms with E-state index in [2.05, 4.69) is 35.2 Å². The Morgan fingerprint density at radius 1 is 0.903 bits per heavy atom. The average molecular weight is 416 g/mol. The van der Waals surface area contributed by atoms with Gasteiger partial charge in [0.15, 0.2) is 5.82 Å². The number of nitrogens with one attached hydrogen (secondary N) is 3. The number of aromatic amines is 2. The maximum Gasteiger partial charge on any atom is 0.159 e. The first-order valence-electron chi connectivity index (χ1n) is 10.4. The number of rotatable bonds is 6. The molecule has 9 nitrogen and oxygen atoms in total. The van der Waals surface area contributed by atoms with Gasteiger partial charge in [0.05, 0.1) is 36.4 Å². The van der Waals surface area contributed by atoms with Gasteiger partial charge in [-0.15, -0.1) is 0 Å². The quantitative estimate of drug-likeness (QED) is 0.282. The zero-order valence-electron chi connectivity index (χ0n) is 17.3. The highest BCUT2D eigenvalue weighted by molar-refractivity contribution is 5.66. The summed E-state index contributed by atoms with van der Waals surface area (Å²) in [5.74, 6) is 8.17. The van der Waals surface area contributed by atoms with E-state index in [-0.39, 0.29) is 0 Å². The number of nitrogens with two attached hydrogens (primary N) is 1. The van der Waals surface area contributed by atoms with Gasteiger partial charge in [0, 0.05) is 30.6 Å². The number of aromatic nitrogens is 6. The summed E-state index contributed by atoms with van der Waals surface area (Å²) in [6, 6.07) is 8.41. The number of hydrogen-bond donors (Lipinski definition) is 4. The van der Waals surface area contributed by atoms with Crippen molar-refractivity contribution in [2.45, 2.75) is 25.4 Å². The standard InChI is InChI=1S/C22H25N9/c1-31(23)13-20-25-11-18(29-20)14-4-6-15(7-5-14)21-26-9-16(10-27-21)19-12-28-22(30-19)17-3-2-8-24-17/h4-7,9-12,17,24H,2-3,8,13,23H2,1H3,(H,25,29)(H,28,30)/t17-/m0/s1. The topological polar surface area (TPSA) is 124 Å². The van der Waals surface area contributed by atoms with Crippen LogP contribution >= 0.6 is 0 Å². The molecule has 9 heteroatoms. The van der Waals surface area contributed by atoms with Crippen LogP contribution in [0.5, 0.6) is 0 Å². The smallest absolute Gasteiger partial charge is 0.159 e. The molecule has 0 unspecified atom stereocenters. The molecule has 1 atom stereocenters. The first-order chi connectivity index (χ1) is 15.2. The van der Waals surface area contributed by atoms with Gasteiger partial charge in [-0.1, -0.05) is 24.3 Å². The lowest BCUT2D eigenvalue weighted by molar-refractivity contribution is 0.333. The Kier molecular flexibility index (Phi) is 5.29. The van der Waals surface area contributed by atoms with Gasteiger partial charge >= 0.3 is 0 Å². The maximum atomic E-state index is 5.69. The van der Waals surface area contributed by atoms with Crippen LogP contribution in [0.15, 0.2) is 49.1 Å². The monoisotopic (exact) mass is 415 g/mol. The van der Waals surface area contributed by atoms with Gasteiger partial charge in [-0.25, -0.2) is 24.9 Å². The van der Waals surface area contributed by atoms with E-state index in [1.54, 1.807) is 12.1 Å². The van der Waals surface area contributed by atoms with E-state index in [1.807, 2.05) is 49.1 Å². The molecular weight excluding hydrogens is 390 g/mol. The molecule has 31 heavy (non-hydrogen) atoms. The normalized spacial score (nSPS) is 16.3. The Hall–Kier alpha value is -3.40. The SMILES string of the molecule is CN(N)Cc1ncc(-c2ccc(-c3ncc(-c4cnc([C@@H]5CCCN5)[nH]4)cn3)cc2)[nH]1. The van der Waals surface area contributed by atoms with Crippen LogP contribution in [-0.2, 0) is 6.54 Å². The third-order valence-corrected chi connectivity index (χ3v) is 5.43. The molecular formula is C22H25N9. The lowest BCUT2D eigenvalue weighted by Gasteiger charge is -2.06. The first kappa shape index (κ1) is 19.6. The number of hydrogen-bond acceptors (Lipinski definition) is 7. The summed E-state index contributed by atoms with van der Waals surface area (Å²) in [7, 11) is 1.81. The molecule has 1 aliphatic rings. The van der Waals surface area contributed by atoms with Gasteiger partial charge in [-0.2, -0.15) is 0 Å². The molecule has 1 fully saturated rings.